The van der Waals surface area contributed by atoms with Gasteiger partial charge in [0, 0.05) is 55.6 Å². The molecule has 0 unspecified atom stereocenters. The molecule has 2 aromatic carbocycles. The quantitative estimate of drug-likeness (QED) is 0.292. The summed E-state index contributed by atoms with van der Waals surface area (Å²) in [4.78, 5) is 49.6. The molecular weight excluding hydrogens is 537 g/mol. The summed E-state index contributed by atoms with van der Waals surface area (Å²) in [5, 5.41) is 7.52. The van der Waals surface area contributed by atoms with Crippen molar-refractivity contribution in [1.82, 2.24) is 30.0 Å². The Hall–Kier alpha value is -4.38. The molecule has 0 aliphatic heterocycles. The fourth-order valence-electron chi connectivity index (χ4n) is 4.16. The molecule has 0 bridgehead atoms. The van der Waals surface area contributed by atoms with Gasteiger partial charge in [-0.15, -0.1) is 0 Å². The van der Waals surface area contributed by atoms with Gasteiger partial charge in [-0.25, -0.2) is 14.4 Å². The lowest BCUT2D eigenvalue weighted by molar-refractivity contribution is -0.138. The highest BCUT2D eigenvalue weighted by molar-refractivity contribution is 6.30. The summed E-state index contributed by atoms with van der Waals surface area (Å²) in [6.07, 6.45) is 4.04. The number of halogens is 2. The van der Waals surface area contributed by atoms with Crippen molar-refractivity contribution in [2.24, 2.45) is 0 Å². The fraction of sp³-hybridized carbons (Fsp3) is 0.286. The van der Waals surface area contributed by atoms with Gasteiger partial charge in [0.15, 0.2) is 6.29 Å². The number of hydrogen-bond acceptors (Lipinski definition) is 7. The first-order valence-electron chi connectivity index (χ1n) is 12.5. The standard InChI is InChI=1S/C28H29ClFN7O3/c1-17(2)36(14-25(39)31-11-19-6-5-7-22(29)27(19)30)26(40)15-37-24-9-8-18(10-21(24)23(16-38)34-37)20-12-32-28(33-13-20)35(3)4/h5-10,12-13,16-17H,11,14-15H2,1-4H3,(H,31,39). The largest absolute Gasteiger partial charge is 0.350 e. The van der Waals surface area contributed by atoms with Crippen LogP contribution in [0.5, 0.6) is 0 Å². The van der Waals surface area contributed by atoms with Gasteiger partial charge in [-0.3, -0.25) is 19.1 Å². The van der Waals surface area contributed by atoms with Crippen LogP contribution in [-0.2, 0) is 22.7 Å². The summed E-state index contributed by atoms with van der Waals surface area (Å²) < 4.78 is 15.6. The molecular formula is C28H29ClFN7O3. The van der Waals surface area contributed by atoms with Gasteiger partial charge >= 0.3 is 0 Å². The van der Waals surface area contributed by atoms with Crippen LogP contribution in [0.3, 0.4) is 0 Å². The molecule has 0 atom stereocenters. The molecule has 0 fully saturated rings. The average Bonchev–Trinajstić information content (AvgIpc) is 3.28. The van der Waals surface area contributed by atoms with Crippen molar-refractivity contribution < 1.29 is 18.8 Å². The van der Waals surface area contributed by atoms with E-state index in [0.29, 0.717) is 23.1 Å². The molecule has 2 heterocycles. The van der Waals surface area contributed by atoms with Gasteiger partial charge in [0.25, 0.3) is 0 Å². The van der Waals surface area contributed by atoms with Crippen molar-refractivity contribution in [3.63, 3.8) is 0 Å². The van der Waals surface area contributed by atoms with E-state index in [9.17, 15) is 18.8 Å². The summed E-state index contributed by atoms with van der Waals surface area (Å²) in [7, 11) is 3.70. The number of nitrogens with one attached hydrogen (secondary N) is 1. The second-order valence-corrected chi connectivity index (χ2v) is 10.1. The van der Waals surface area contributed by atoms with Gasteiger partial charge in [0.05, 0.1) is 17.1 Å². The fourth-order valence-corrected chi connectivity index (χ4v) is 4.35. The van der Waals surface area contributed by atoms with E-state index in [1.165, 1.54) is 21.7 Å². The van der Waals surface area contributed by atoms with Crippen molar-refractivity contribution in [3.8, 4) is 11.1 Å². The monoisotopic (exact) mass is 565 g/mol. The van der Waals surface area contributed by atoms with E-state index >= 15 is 0 Å². The van der Waals surface area contributed by atoms with Crippen LogP contribution in [0.15, 0.2) is 48.8 Å². The number of amides is 2. The highest BCUT2D eigenvalue weighted by Crippen LogP contribution is 2.26. The van der Waals surface area contributed by atoms with E-state index in [-0.39, 0.29) is 47.9 Å². The molecule has 0 saturated carbocycles. The summed E-state index contributed by atoms with van der Waals surface area (Å²) in [5.74, 6) is -0.839. The number of aldehydes is 1. The number of anilines is 1. The van der Waals surface area contributed by atoms with Gasteiger partial charge in [-0.05, 0) is 37.6 Å². The predicted octanol–water partition coefficient (Wildman–Crippen LogP) is 3.72. The zero-order valence-corrected chi connectivity index (χ0v) is 23.3. The SMILES string of the molecule is CC(C)N(CC(=O)NCc1cccc(Cl)c1F)C(=O)Cn1nc(C=O)c2cc(-c3cnc(N(C)C)nc3)ccc21. The lowest BCUT2D eigenvalue weighted by Crippen LogP contribution is -2.45. The first-order chi connectivity index (χ1) is 19.1. The highest BCUT2D eigenvalue weighted by Gasteiger charge is 2.23. The number of nitrogens with zero attached hydrogens (tertiary/aromatic N) is 6. The van der Waals surface area contributed by atoms with Crippen molar-refractivity contribution in [2.75, 3.05) is 25.5 Å². The number of rotatable bonds is 10. The highest BCUT2D eigenvalue weighted by atomic mass is 35.5. The Morgan fingerprint density at radius 3 is 2.50 bits per heavy atom. The number of hydrogen-bond donors (Lipinski definition) is 1. The van der Waals surface area contributed by atoms with Crippen LogP contribution >= 0.6 is 11.6 Å². The molecule has 2 amide bonds. The Morgan fingerprint density at radius 1 is 1.12 bits per heavy atom. The molecule has 2 aromatic heterocycles. The smallest absolute Gasteiger partial charge is 0.245 e. The molecule has 1 N–H and O–H groups in total. The summed E-state index contributed by atoms with van der Waals surface area (Å²) in [5.41, 5.74) is 2.58. The minimum Gasteiger partial charge on any atom is -0.350 e. The predicted molar refractivity (Wildman–Crippen MR) is 151 cm³/mol. The molecule has 4 aromatic rings. The van der Waals surface area contributed by atoms with E-state index in [1.54, 1.807) is 43.3 Å². The summed E-state index contributed by atoms with van der Waals surface area (Å²) in [6.45, 7) is 3.10. The second-order valence-electron chi connectivity index (χ2n) is 9.66. The van der Waals surface area contributed by atoms with E-state index < -0.39 is 11.7 Å². The normalized spacial score (nSPS) is 11.1. The number of fused-ring (bicyclic) bond motifs is 1. The maximum absolute atomic E-state index is 14.1. The third-order valence-corrected chi connectivity index (χ3v) is 6.60. The van der Waals surface area contributed by atoms with Gasteiger partial charge in [0.2, 0.25) is 17.8 Å². The summed E-state index contributed by atoms with van der Waals surface area (Å²) in [6, 6.07) is 9.68. The Balaban J connectivity index is 1.50. The third kappa shape index (κ3) is 6.26. The number of benzene rings is 2. The van der Waals surface area contributed by atoms with Crippen LogP contribution in [0.25, 0.3) is 22.0 Å². The number of carbonyl (C=O) groups is 3. The Bertz CT molecular complexity index is 1550. The molecule has 40 heavy (non-hydrogen) atoms. The zero-order valence-electron chi connectivity index (χ0n) is 22.6. The van der Waals surface area contributed by atoms with Crippen molar-refractivity contribution in [1.29, 1.82) is 0 Å². The lowest BCUT2D eigenvalue weighted by atomic mass is 10.1. The molecule has 12 heteroatoms. The Labute approximate surface area is 235 Å². The topological polar surface area (TPSA) is 113 Å². The van der Waals surface area contributed by atoms with Crippen LogP contribution in [-0.4, -0.2) is 69.4 Å². The summed E-state index contributed by atoms with van der Waals surface area (Å²) >= 11 is 5.81. The zero-order chi connectivity index (χ0) is 29.0. The van der Waals surface area contributed by atoms with Crippen LogP contribution < -0.4 is 10.2 Å². The third-order valence-electron chi connectivity index (χ3n) is 6.31. The van der Waals surface area contributed by atoms with E-state index in [1.807, 2.05) is 26.2 Å². The Morgan fingerprint density at radius 2 is 1.85 bits per heavy atom. The molecule has 10 nitrogen and oxygen atoms in total. The van der Waals surface area contributed by atoms with Crippen molar-refractivity contribution in [3.05, 3.63) is 70.9 Å². The van der Waals surface area contributed by atoms with Crippen LogP contribution in [0, 0.1) is 5.82 Å². The van der Waals surface area contributed by atoms with Crippen molar-refractivity contribution in [2.45, 2.75) is 33.0 Å². The molecule has 0 aliphatic carbocycles. The minimum absolute atomic E-state index is 0.0328. The van der Waals surface area contributed by atoms with Gasteiger partial charge in [-0.1, -0.05) is 29.8 Å². The second kappa shape index (κ2) is 12.2. The van der Waals surface area contributed by atoms with Gasteiger partial charge in [-0.2, -0.15) is 5.10 Å². The molecule has 4 rings (SSSR count). The van der Waals surface area contributed by atoms with E-state index in [0.717, 1.165) is 11.1 Å². The molecule has 0 radical (unpaired) electrons. The first kappa shape index (κ1) is 28.6. The van der Waals surface area contributed by atoms with Gasteiger partial charge in [0.1, 0.15) is 18.1 Å². The molecule has 0 aliphatic rings. The average molecular weight is 566 g/mol. The number of carbonyl (C=O) groups excluding carboxylic acids is 3. The first-order valence-corrected chi connectivity index (χ1v) is 12.9. The number of aromatic nitrogens is 4. The maximum atomic E-state index is 14.1. The van der Waals surface area contributed by atoms with Gasteiger partial charge < -0.3 is 15.1 Å². The molecule has 0 spiro atoms. The van der Waals surface area contributed by atoms with E-state index in [4.69, 9.17) is 11.6 Å². The van der Waals surface area contributed by atoms with Crippen LogP contribution in [0.2, 0.25) is 5.02 Å². The van der Waals surface area contributed by atoms with Crippen LogP contribution in [0.4, 0.5) is 10.3 Å². The van der Waals surface area contributed by atoms with E-state index in [2.05, 4.69) is 20.4 Å². The maximum Gasteiger partial charge on any atom is 0.245 e. The molecule has 208 valence electrons. The minimum atomic E-state index is -0.598. The van der Waals surface area contributed by atoms with Crippen molar-refractivity contribution >= 4 is 46.6 Å². The Kier molecular flexibility index (Phi) is 8.73. The van der Waals surface area contributed by atoms with Crippen LogP contribution in [0.1, 0.15) is 29.9 Å². The molecule has 0 saturated heterocycles. The lowest BCUT2D eigenvalue weighted by Gasteiger charge is -2.26.